The summed E-state index contributed by atoms with van der Waals surface area (Å²) in [5.74, 6) is 0.772. The summed E-state index contributed by atoms with van der Waals surface area (Å²) in [5.41, 5.74) is 8.08. The lowest BCUT2D eigenvalue weighted by atomic mass is 9.96. The molecule has 0 aliphatic carbocycles. The molecule has 7 heteroatoms. The van der Waals surface area contributed by atoms with Crippen molar-refractivity contribution in [3.8, 4) is 17.2 Å². The summed E-state index contributed by atoms with van der Waals surface area (Å²) in [4.78, 5) is 12.5. The Labute approximate surface area is 147 Å². The maximum Gasteiger partial charge on any atom is 0.343 e. The lowest BCUT2D eigenvalue weighted by Gasteiger charge is -2.17. The van der Waals surface area contributed by atoms with Crippen molar-refractivity contribution in [1.29, 1.82) is 0 Å². The molecule has 2 aromatic rings. The Bertz CT molecular complexity index is 821. The number of halogens is 1. The average Bonchev–Trinajstić information content (AvgIpc) is 2.92. The van der Waals surface area contributed by atoms with E-state index in [1.165, 1.54) is 14.2 Å². The Morgan fingerprint density at radius 3 is 2.42 bits per heavy atom. The number of nitrogen functional groups attached to an aromatic ring is 1. The number of cyclic esters (lactones) is 1. The van der Waals surface area contributed by atoms with Crippen molar-refractivity contribution in [1.82, 2.24) is 0 Å². The molecule has 6 nitrogen and oxygen atoms in total. The molecule has 1 heterocycles. The molecule has 1 aliphatic rings. The minimum absolute atomic E-state index is 0.279. The highest BCUT2D eigenvalue weighted by atomic mass is 79.9. The summed E-state index contributed by atoms with van der Waals surface area (Å²) in [6, 6.07) is 7.10. The summed E-state index contributed by atoms with van der Waals surface area (Å²) < 4.78 is 22.4. The van der Waals surface area contributed by atoms with Crippen LogP contribution in [-0.4, -0.2) is 27.3 Å². The van der Waals surface area contributed by atoms with Gasteiger partial charge >= 0.3 is 5.97 Å². The van der Waals surface area contributed by atoms with Crippen LogP contribution in [0.25, 0.3) is 0 Å². The number of carbonyl (C=O) groups excluding carboxylic acids is 1. The molecule has 0 saturated heterocycles. The lowest BCUT2D eigenvalue weighted by Crippen LogP contribution is -2.06. The Morgan fingerprint density at radius 2 is 1.79 bits per heavy atom. The van der Waals surface area contributed by atoms with Gasteiger partial charge in [-0.1, -0.05) is 15.9 Å². The van der Waals surface area contributed by atoms with Crippen LogP contribution in [0.4, 0.5) is 5.69 Å². The number of carbonyl (C=O) groups is 1. The second-order valence-corrected chi connectivity index (χ2v) is 6.08. The Kier molecular flexibility index (Phi) is 4.28. The number of fused-ring (bicyclic) bond motifs is 1. The van der Waals surface area contributed by atoms with Crippen molar-refractivity contribution in [2.24, 2.45) is 0 Å². The van der Waals surface area contributed by atoms with E-state index in [1.54, 1.807) is 19.2 Å². The van der Waals surface area contributed by atoms with E-state index in [4.69, 9.17) is 24.7 Å². The molecule has 0 fully saturated rings. The molecular weight excluding hydrogens is 378 g/mol. The smallest absolute Gasteiger partial charge is 0.343 e. The average molecular weight is 394 g/mol. The van der Waals surface area contributed by atoms with Crippen LogP contribution in [0.15, 0.2) is 28.7 Å². The summed E-state index contributed by atoms with van der Waals surface area (Å²) in [6.07, 6.45) is -0.681. The first kappa shape index (κ1) is 16.4. The van der Waals surface area contributed by atoms with E-state index >= 15 is 0 Å². The van der Waals surface area contributed by atoms with Crippen molar-refractivity contribution in [2.75, 3.05) is 27.1 Å². The second kappa shape index (κ2) is 6.24. The highest BCUT2D eigenvalue weighted by Crippen LogP contribution is 2.49. The van der Waals surface area contributed by atoms with Gasteiger partial charge in [0.05, 0.1) is 21.3 Å². The van der Waals surface area contributed by atoms with Gasteiger partial charge in [0.1, 0.15) is 11.3 Å². The summed E-state index contributed by atoms with van der Waals surface area (Å²) in [5, 5.41) is 0. The van der Waals surface area contributed by atoms with Gasteiger partial charge < -0.3 is 24.7 Å². The van der Waals surface area contributed by atoms with Crippen LogP contribution in [0.5, 0.6) is 17.2 Å². The number of ether oxygens (including phenoxy) is 4. The van der Waals surface area contributed by atoms with Crippen LogP contribution in [0.2, 0.25) is 0 Å². The lowest BCUT2D eigenvalue weighted by molar-refractivity contribution is 0.0451. The van der Waals surface area contributed by atoms with Gasteiger partial charge in [-0.05, 0) is 18.2 Å². The molecule has 0 radical (unpaired) electrons. The largest absolute Gasteiger partial charge is 0.496 e. The highest BCUT2D eigenvalue weighted by molar-refractivity contribution is 9.10. The maximum absolute atomic E-state index is 12.5. The van der Waals surface area contributed by atoms with Gasteiger partial charge in [0, 0.05) is 27.4 Å². The zero-order valence-electron chi connectivity index (χ0n) is 13.4. The molecular formula is C17H16BrNO5. The molecule has 1 aliphatic heterocycles. The minimum atomic E-state index is -0.681. The number of methoxy groups -OCH3 is 3. The van der Waals surface area contributed by atoms with Crippen LogP contribution in [0.3, 0.4) is 0 Å². The van der Waals surface area contributed by atoms with Gasteiger partial charge in [-0.3, -0.25) is 0 Å². The van der Waals surface area contributed by atoms with Crippen molar-refractivity contribution >= 4 is 27.6 Å². The molecule has 0 spiro atoms. The summed E-state index contributed by atoms with van der Waals surface area (Å²) in [6.45, 7) is 0. The molecule has 3 rings (SSSR count). The number of rotatable bonds is 4. The Hall–Kier alpha value is -2.41. The highest BCUT2D eigenvalue weighted by Gasteiger charge is 2.40. The normalized spacial score (nSPS) is 15.7. The first-order valence-corrected chi connectivity index (χ1v) is 7.89. The van der Waals surface area contributed by atoms with Gasteiger partial charge in [-0.25, -0.2) is 4.79 Å². The number of hydrogen-bond acceptors (Lipinski definition) is 6. The number of anilines is 1. The fourth-order valence-electron chi connectivity index (χ4n) is 2.87. The van der Waals surface area contributed by atoms with Gasteiger partial charge in [0.2, 0.25) is 0 Å². The fraction of sp³-hybridized carbons (Fsp3) is 0.235. The van der Waals surface area contributed by atoms with E-state index in [0.717, 1.165) is 4.47 Å². The zero-order chi connectivity index (χ0) is 17.4. The van der Waals surface area contributed by atoms with E-state index in [2.05, 4.69) is 15.9 Å². The van der Waals surface area contributed by atoms with E-state index in [1.807, 2.05) is 12.1 Å². The van der Waals surface area contributed by atoms with Crippen LogP contribution < -0.4 is 19.9 Å². The Balaban J connectivity index is 2.25. The molecule has 0 bridgehead atoms. The summed E-state index contributed by atoms with van der Waals surface area (Å²) in [7, 11) is 4.51. The third-order valence-electron chi connectivity index (χ3n) is 3.91. The maximum atomic E-state index is 12.5. The predicted octanol–water partition coefficient (Wildman–Crippen LogP) is 3.32. The first-order chi connectivity index (χ1) is 11.5. The molecule has 0 amide bonds. The van der Waals surface area contributed by atoms with E-state index in [-0.39, 0.29) is 5.56 Å². The number of nitrogens with two attached hydrogens (primary N) is 1. The molecule has 0 aromatic heterocycles. The first-order valence-electron chi connectivity index (χ1n) is 7.10. The van der Waals surface area contributed by atoms with Crippen LogP contribution in [0, 0.1) is 0 Å². The van der Waals surface area contributed by atoms with E-state index in [9.17, 15) is 4.79 Å². The molecule has 0 saturated carbocycles. The monoisotopic (exact) mass is 393 g/mol. The van der Waals surface area contributed by atoms with E-state index in [0.29, 0.717) is 34.1 Å². The van der Waals surface area contributed by atoms with Gasteiger partial charge in [0.25, 0.3) is 0 Å². The van der Waals surface area contributed by atoms with Crippen molar-refractivity contribution in [3.63, 3.8) is 0 Å². The van der Waals surface area contributed by atoms with Crippen LogP contribution in [-0.2, 0) is 4.74 Å². The van der Waals surface area contributed by atoms with Crippen LogP contribution in [0.1, 0.15) is 27.6 Å². The molecule has 1 atom stereocenters. The third kappa shape index (κ3) is 2.45. The summed E-state index contributed by atoms with van der Waals surface area (Å²) >= 11 is 3.43. The third-order valence-corrected chi connectivity index (χ3v) is 4.40. The van der Waals surface area contributed by atoms with Gasteiger partial charge in [-0.15, -0.1) is 0 Å². The van der Waals surface area contributed by atoms with Gasteiger partial charge in [0.15, 0.2) is 17.6 Å². The van der Waals surface area contributed by atoms with Crippen LogP contribution >= 0.6 is 15.9 Å². The van der Waals surface area contributed by atoms with E-state index < -0.39 is 12.1 Å². The quantitative estimate of drug-likeness (QED) is 0.633. The molecule has 1 unspecified atom stereocenters. The Morgan fingerprint density at radius 1 is 1.08 bits per heavy atom. The predicted molar refractivity (Wildman–Crippen MR) is 91.9 cm³/mol. The SMILES string of the molecule is COc1ccc(Br)cc1C1OC(=O)c2c(OC)c(OC)cc(N)c21. The standard InChI is InChI=1S/C17H16BrNO5/c1-21-11-5-4-8(18)6-9(11)15-13-10(19)7-12(22-2)16(23-3)14(13)17(20)24-15/h4-7,15H,19H2,1-3H3. The molecule has 24 heavy (non-hydrogen) atoms. The topological polar surface area (TPSA) is 80.0 Å². The van der Waals surface area contributed by atoms with Crippen molar-refractivity contribution in [3.05, 3.63) is 45.4 Å². The zero-order valence-corrected chi connectivity index (χ0v) is 15.0. The molecule has 2 N–H and O–H groups in total. The molecule has 126 valence electrons. The number of hydrogen-bond donors (Lipinski definition) is 1. The fourth-order valence-corrected chi connectivity index (χ4v) is 3.25. The minimum Gasteiger partial charge on any atom is -0.496 e. The number of esters is 1. The van der Waals surface area contributed by atoms with Crippen molar-refractivity contribution in [2.45, 2.75) is 6.10 Å². The second-order valence-electron chi connectivity index (χ2n) is 5.16. The molecule has 2 aromatic carbocycles. The number of benzene rings is 2. The van der Waals surface area contributed by atoms with Crippen molar-refractivity contribution < 1.29 is 23.7 Å². The van der Waals surface area contributed by atoms with Gasteiger partial charge in [-0.2, -0.15) is 0 Å².